The van der Waals surface area contributed by atoms with Gasteiger partial charge in [-0.3, -0.25) is 9.59 Å². The van der Waals surface area contributed by atoms with Crippen LogP contribution in [0, 0.1) is 0 Å². The van der Waals surface area contributed by atoms with Crippen molar-refractivity contribution >= 4 is 23.3 Å². The van der Waals surface area contributed by atoms with Crippen molar-refractivity contribution in [1.29, 1.82) is 0 Å². The minimum atomic E-state index is -0.490. The van der Waals surface area contributed by atoms with Crippen LogP contribution in [-0.2, 0) is 9.53 Å². The Morgan fingerprint density at radius 2 is 1.96 bits per heavy atom. The van der Waals surface area contributed by atoms with Crippen LogP contribution in [0.25, 0.3) is 0 Å². The van der Waals surface area contributed by atoms with Crippen molar-refractivity contribution in [2.24, 2.45) is 0 Å². The zero-order chi connectivity index (χ0) is 17.6. The Hall–Kier alpha value is -2.77. The standard InChI is InChI=1S/C18H20N4O3/c1-22-9-10-25-15(12-22)18(24)20-14-7-8-16(19-11-14)21-17(23)13-5-3-2-4-6-13/h2-8,11,15H,9-10,12H2,1H3,(H,20,24)(H,19,21,23)/t15-/m1/s1. The fourth-order valence-electron chi connectivity index (χ4n) is 2.48. The van der Waals surface area contributed by atoms with E-state index in [1.165, 1.54) is 6.20 Å². The Kier molecular flexibility index (Phi) is 5.37. The van der Waals surface area contributed by atoms with Crippen molar-refractivity contribution in [1.82, 2.24) is 9.88 Å². The molecular formula is C18H20N4O3. The van der Waals surface area contributed by atoms with Gasteiger partial charge in [-0.15, -0.1) is 0 Å². The average Bonchev–Trinajstić information content (AvgIpc) is 2.64. The molecule has 130 valence electrons. The van der Waals surface area contributed by atoms with E-state index in [-0.39, 0.29) is 11.8 Å². The van der Waals surface area contributed by atoms with E-state index in [4.69, 9.17) is 4.74 Å². The lowest BCUT2D eigenvalue weighted by Crippen LogP contribution is -2.46. The van der Waals surface area contributed by atoms with Gasteiger partial charge in [0.25, 0.3) is 11.8 Å². The molecule has 25 heavy (non-hydrogen) atoms. The lowest BCUT2D eigenvalue weighted by Gasteiger charge is -2.29. The smallest absolute Gasteiger partial charge is 0.256 e. The molecule has 1 saturated heterocycles. The van der Waals surface area contributed by atoms with Gasteiger partial charge < -0.3 is 20.3 Å². The lowest BCUT2D eigenvalue weighted by molar-refractivity contribution is -0.132. The summed E-state index contributed by atoms with van der Waals surface area (Å²) in [4.78, 5) is 30.5. The number of ether oxygens (including phenoxy) is 1. The number of aromatic nitrogens is 1. The van der Waals surface area contributed by atoms with E-state index in [1.807, 2.05) is 18.0 Å². The predicted molar refractivity (Wildman–Crippen MR) is 94.5 cm³/mol. The molecule has 1 aromatic carbocycles. The summed E-state index contributed by atoms with van der Waals surface area (Å²) in [5.74, 6) is -0.0153. The lowest BCUT2D eigenvalue weighted by atomic mass is 10.2. The molecule has 0 unspecified atom stereocenters. The highest BCUT2D eigenvalue weighted by atomic mass is 16.5. The zero-order valence-corrected chi connectivity index (χ0v) is 13.9. The van der Waals surface area contributed by atoms with Crippen molar-refractivity contribution in [3.8, 4) is 0 Å². The molecule has 0 saturated carbocycles. The van der Waals surface area contributed by atoms with E-state index in [9.17, 15) is 9.59 Å². The minimum absolute atomic E-state index is 0.200. The predicted octanol–water partition coefficient (Wildman–Crippen LogP) is 1.60. The number of carbonyl (C=O) groups is 2. The second kappa shape index (κ2) is 7.87. The van der Waals surface area contributed by atoms with E-state index in [0.29, 0.717) is 30.2 Å². The quantitative estimate of drug-likeness (QED) is 0.883. The van der Waals surface area contributed by atoms with Gasteiger partial charge in [-0.25, -0.2) is 4.98 Å². The number of rotatable bonds is 4. The largest absolute Gasteiger partial charge is 0.366 e. The third-order valence-corrected chi connectivity index (χ3v) is 3.87. The van der Waals surface area contributed by atoms with Crippen molar-refractivity contribution < 1.29 is 14.3 Å². The number of carbonyl (C=O) groups excluding carboxylic acids is 2. The van der Waals surface area contributed by atoms with Gasteiger partial charge in [-0.1, -0.05) is 18.2 Å². The van der Waals surface area contributed by atoms with Crippen LogP contribution < -0.4 is 10.6 Å². The summed E-state index contributed by atoms with van der Waals surface area (Å²) in [5.41, 5.74) is 1.11. The highest BCUT2D eigenvalue weighted by Crippen LogP contribution is 2.13. The fraction of sp³-hybridized carbons (Fsp3) is 0.278. The first kappa shape index (κ1) is 17.1. The normalized spacial score (nSPS) is 17.7. The second-order valence-corrected chi connectivity index (χ2v) is 5.86. The van der Waals surface area contributed by atoms with Crippen molar-refractivity contribution in [3.63, 3.8) is 0 Å². The topological polar surface area (TPSA) is 83.6 Å². The minimum Gasteiger partial charge on any atom is -0.366 e. The van der Waals surface area contributed by atoms with Crippen LogP contribution in [0.2, 0.25) is 0 Å². The van der Waals surface area contributed by atoms with E-state index in [2.05, 4.69) is 15.6 Å². The molecule has 0 spiro atoms. The van der Waals surface area contributed by atoms with E-state index in [1.54, 1.807) is 36.4 Å². The molecule has 7 nitrogen and oxygen atoms in total. The van der Waals surface area contributed by atoms with Gasteiger partial charge in [-0.2, -0.15) is 0 Å². The second-order valence-electron chi connectivity index (χ2n) is 5.86. The SMILES string of the molecule is CN1CCO[C@@H](C(=O)Nc2ccc(NC(=O)c3ccccc3)nc2)C1. The molecule has 1 aliphatic rings. The third-order valence-electron chi connectivity index (χ3n) is 3.87. The maximum atomic E-state index is 12.2. The molecule has 1 aromatic heterocycles. The summed E-state index contributed by atoms with van der Waals surface area (Å²) < 4.78 is 5.48. The van der Waals surface area contributed by atoms with Crippen LogP contribution in [0.5, 0.6) is 0 Å². The fourth-order valence-corrected chi connectivity index (χ4v) is 2.48. The average molecular weight is 340 g/mol. The van der Waals surface area contributed by atoms with E-state index in [0.717, 1.165) is 6.54 Å². The highest BCUT2D eigenvalue weighted by Gasteiger charge is 2.24. The zero-order valence-electron chi connectivity index (χ0n) is 13.9. The molecule has 0 radical (unpaired) electrons. The molecule has 0 aliphatic carbocycles. The molecule has 1 aliphatic heterocycles. The maximum absolute atomic E-state index is 12.2. The Morgan fingerprint density at radius 1 is 1.16 bits per heavy atom. The van der Waals surface area contributed by atoms with Gasteiger partial charge in [-0.05, 0) is 31.3 Å². The summed E-state index contributed by atoms with van der Waals surface area (Å²) in [5, 5.41) is 5.49. The molecular weight excluding hydrogens is 320 g/mol. The summed E-state index contributed by atoms with van der Waals surface area (Å²) in [6.45, 7) is 1.92. The molecule has 1 atom stereocenters. The van der Waals surface area contributed by atoms with Crippen LogP contribution in [-0.4, -0.2) is 54.5 Å². The Labute approximate surface area is 146 Å². The first-order chi connectivity index (χ1) is 12.1. The molecule has 2 amide bonds. The van der Waals surface area contributed by atoms with E-state index < -0.39 is 6.10 Å². The highest BCUT2D eigenvalue weighted by molar-refractivity contribution is 6.03. The Morgan fingerprint density at radius 3 is 2.64 bits per heavy atom. The number of morpholine rings is 1. The summed E-state index contributed by atoms with van der Waals surface area (Å²) >= 11 is 0. The number of amides is 2. The first-order valence-corrected chi connectivity index (χ1v) is 8.05. The molecule has 2 aromatic rings. The molecule has 2 N–H and O–H groups in total. The van der Waals surface area contributed by atoms with Crippen LogP contribution in [0.1, 0.15) is 10.4 Å². The van der Waals surface area contributed by atoms with Crippen LogP contribution in [0.15, 0.2) is 48.7 Å². The third kappa shape index (κ3) is 4.62. The van der Waals surface area contributed by atoms with Gasteiger partial charge in [0, 0.05) is 18.7 Å². The Bertz CT molecular complexity index is 734. The number of hydrogen-bond acceptors (Lipinski definition) is 5. The first-order valence-electron chi connectivity index (χ1n) is 8.05. The van der Waals surface area contributed by atoms with Gasteiger partial charge in [0.1, 0.15) is 11.9 Å². The van der Waals surface area contributed by atoms with Gasteiger partial charge >= 0.3 is 0 Å². The van der Waals surface area contributed by atoms with Crippen LogP contribution >= 0.6 is 0 Å². The van der Waals surface area contributed by atoms with Gasteiger partial charge in [0.05, 0.1) is 18.5 Å². The maximum Gasteiger partial charge on any atom is 0.256 e. The van der Waals surface area contributed by atoms with Crippen molar-refractivity contribution in [3.05, 3.63) is 54.2 Å². The number of anilines is 2. The summed E-state index contributed by atoms with van der Waals surface area (Å²) in [6.07, 6.45) is 1.02. The number of benzene rings is 1. The number of likely N-dealkylation sites (N-methyl/N-ethyl adjacent to an activating group) is 1. The number of pyridine rings is 1. The van der Waals surface area contributed by atoms with Crippen LogP contribution in [0.3, 0.4) is 0 Å². The summed E-state index contributed by atoms with van der Waals surface area (Å²) in [7, 11) is 1.95. The van der Waals surface area contributed by atoms with Crippen molar-refractivity contribution in [2.45, 2.75) is 6.10 Å². The summed E-state index contributed by atoms with van der Waals surface area (Å²) in [6, 6.07) is 12.2. The number of hydrogen-bond donors (Lipinski definition) is 2. The molecule has 1 fully saturated rings. The molecule has 2 heterocycles. The molecule has 0 bridgehead atoms. The number of nitrogens with zero attached hydrogens (tertiary/aromatic N) is 2. The van der Waals surface area contributed by atoms with Gasteiger partial charge in [0.2, 0.25) is 0 Å². The van der Waals surface area contributed by atoms with Gasteiger partial charge in [0.15, 0.2) is 0 Å². The number of nitrogens with one attached hydrogen (secondary N) is 2. The van der Waals surface area contributed by atoms with E-state index >= 15 is 0 Å². The molecule has 3 rings (SSSR count). The van der Waals surface area contributed by atoms with Crippen LogP contribution in [0.4, 0.5) is 11.5 Å². The van der Waals surface area contributed by atoms with Crippen molar-refractivity contribution in [2.75, 3.05) is 37.4 Å². The monoisotopic (exact) mass is 340 g/mol. The molecule has 7 heteroatoms. The Balaban J connectivity index is 1.57.